The van der Waals surface area contributed by atoms with E-state index in [1.54, 1.807) is 12.1 Å². The second kappa shape index (κ2) is 6.79. The average molecular weight is 359 g/mol. The molecule has 0 bridgehead atoms. The van der Waals surface area contributed by atoms with Crippen molar-refractivity contribution in [3.8, 4) is 34.4 Å². The zero-order valence-electron chi connectivity index (χ0n) is 14.7. The molecular weight excluding hydrogens is 342 g/mol. The number of benzene rings is 2. The Bertz CT molecular complexity index is 941. The molecule has 2 aromatic carbocycles. The number of hydrogen-bond acceptors (Lipinski definition) is 7. The van der Waals surface area contributed by atoms with Gasteiger partial charge in [0.15, 0.2) is 11.5 Å². The second-order valence-electron chi connectivity index (χ2n) is 5.29. The highest BCUT2D eigenvalue weighted by molar-refractivity contribution is 5.84. The molecule has 1 N–H and O–H groups in total. The highest BCUT2D eigenvalue weighted by Crippen LogP contribution is 2.40. The van der Waals surface area contributed by atoms with Crippen molar-refractivity contribution in [3.63, 3.8) is 0 Å². The van der Waals surface area contributed by atoms with Crippen LogP contribution in [0.2, 0.25) is 0 Å². The van der Waals surface area contributed by atoms with Crippen molar-refractivity contribution in [2.24, 2.45) is 0 Å². The third-order valence-corrected chi connectivity index (χ3v) is 3.94. The topological polar surface area (TPSA) is 109 Å². The van der Waals surface area contributed by atoms with Gasteiger partial charge in [-0.3, -0.25) is 10.1 Å². The monoisotopic (exact) mass is 359 g/mol. The number of nitrogens with zero attached hydrogens (tertiary/aromatic N) is 2. The van der Waals surface area contributed by atoms with Crippen molar-refractivity contribution in [2.45, 2.75) is 0 Å². The van der Waals surface area contributed by atoms with Crippen LogP contribution in [0.4, 0.5) is 5.69 Å². The Labute approximate surface area is 148 Å². The highest BCUT2D eigenvalue weighted by Gasteiger charge is 2.22. The zero-order chi connectivity index (χ0) is 18.8. The summed E-state index contributed by atoms with van der Waals surface area (Å²) in [6.07, 6.45) is 0. The van der Waals surface area contributed by atoms with E-state index in [1.807, 2.05) is 0 Å². The number of nitro benzene ring substituents is 1. The summed E-state index contributed by atoms with van der Waals surface area (Å²) >= 11 is 0. The fraction of sp³-hybridized carbons (Fsp3) is 0.235. The number of imidazole rings is 1. The van der Waals surface area contributed by atoms with Crippen molar-refractivity contribution >= 4 is 16.7 Å². The van der Waals surface area contributed by atoms with Crippen LogP contribution in [0.3, 0.4) is 0 Å². The number of rotatable bonds is 6. The predicted molar refractivity (Wildman–Crippen MR) is 94.4 cm³/mol. The van der Waals surface area contributed by atoms with Crippen molar-refractivity contribution in [2.75, 3.05) is 28.4 Å². The Balaban J connectivity index is 2.22. The van der Waals surface area contributed by atoms with Crippen molar-refractivity contribution < 1.29 is 23.9 Å². The molecule has 0 saturated heterocycles. The van der Waals surface area contributed by atoms with Gasteiger partial charge in [-0.05, 0) is 0 Å². The van der Waals surface area contributed by atoms with Gasteiger partial charge in [0.05, 0.1) is 50.0 Å². The van der Waals surface area contributed by atoms with Gasteiger partial charge in [0.25, 0.3) is 0 Å². The average Bonchev–Trinajstić information content (AvgIpc) is 3.07. The Morgan fingerprint density at radius 3 is 2.08 bits per heavy atom. The van der Waals surface area contributed by atoms with Gasteiger partial charge in [-0.15, -0.1) is 0 Å². The van der Waals surface area contributed by atoms with Crippen LogP contribution in [0.5, 0.6) is 23.0 Å². The van der Waals surface area contributed by atoms with Crippen LogP contribution in [0.25, 0.3) is 22.4 Å². The summed E-state index contributed by atoms with van der Waals surface area (Å²) in [7, 11) is 5.91. The number of hydrogen-bond donors (Lipinski definition) is 1. The second-order valence-corrected chi connectivity index (χ2v) is 5.29. The van der Waals surface area contributed by atoms with E-state index in [4.69, 9.17) is 18.9 Å². The Morgan fingerprint density at radius 1 is 0.885 bits per heavy atom. The van der Waals surface area contributed by atoms with Crippen LogP contribution in [0.15, 0.2) is 24.3 Å². The Morgan fingerprint density at radius 2 is 1.50 bits per heavy atom. The summed E-state index contributed by atoms with van der Waals surface area (Å²) in [5.41, 5.74) is 1.57. The van der Waals surface area contributed by atoms with Crippen molar-refractivity contribution in [1.82, 2.24) is 9.97 Å². The maximum Gasteiger partial charge on any atom is 0.311 e. The lowest BCUT2D eigenvalue weighted by atomic mass is 10.1. The lowest BCUT2D eigenvalue weighted by molar-refractivity contribution is -0.385. The van der Waals surface area contributed by atoms with Gasteiger partial charge in [-0.25, -0.2) is 4.98 Å². The van der Waals surface area contributed by atoms with Crippen LogP contribution in [-0.4, -0.2) is 43.3 Å². The number of nitro groups is 1. The smallest absolute Gasteiger partial charge is 0.311 e. The third kappa shape index (κ3) is 2.83. The molecule has 0 atom stereocenters. The fourth-order valence-electron chi connectivity index (χ4n) is 2.67. The number of aromatic nitrogens is 2. The number of H-pyrrole nitrogens is 1. The van der Waals surface area contributed by atoms with E-state index in [-0.39, 0.29) is 11.4 Å². The molecule has 1 aromatic heterocycles. The lowest BCUT2D eigenvalue weighted by Gasteiger charge is -2.09. The minimum atomic E-state index is -0.517. The van der Waals surface area contributed by atoms with Crippen LogP contribution in [-0.2, 0) is 0 Å². The number of nitrogens with one attached hydrogen (secondary N) is 1. The first-order valence-electron chi connectivity index (χ1n) is 7.54. The number of aromatic amines is 1. The van der Waals surface area contributed by atoms with Gasteiger partial charge < -0.3 is 23.9 Å². The molecule has 26 heavy (non-hydrogen) atoms. The molecule has 9 heteroatoms. The molecule has 0 aliphatic carbocycles. The first-order chi connectivity index (χ1) is 12.5. The molecular formula is C17H17N3O6. The van der Waals surface area contributed by atoms with Gasteiger partial charge in [0.2, 0.25) is 5.75 Å². The largest absolute Gasteiger partial charge is 0.496 e. The Hall–Kier alpha value is -3.49. The number of fused-ring (bicyclic) bond motifs is 1. The SMILES string of the molecule is COc1cc2nc(-c3cc([N+](=O)[O-])c(OC)cc3OC)[nH]c2cc1OC. The van der Waals surface area contributed by atoms with Gasteiger partial charge in [-0.1, -0.05) is 0 Å². The van der Waals surface area contributed by atoms with Gasteiger partial charge in [0, 0.05) is 24.3 Å². The zero-order valence-corrected chi connectivity index (χ0v) is 14.7. The van der Waals surface area contributed by atoms with E-state index < -0.39 is 4.92 Å². The van der Waals surface area contributed by atoms with Crippen molar-refractivity contribution in [1.29, 1.82) is 0 Å². The normalized spacial score (nSPS) is 10.6. The minimum Gasteiger partial charge on any atom is -0.496 e. The number of ether oxygens (including phenoxy) is 4. The molecule has 1 heterocycles. The minimum absolute atomic E-state index is 0.107. The van der Waals surface area contributed by atoms with E-state index >= 15 is 0 Å². The summed E-state index contributed by atoms with van der Waals surface area (Å²) in [5, 5.41) is 11.3. The van der Waals surface area contributed by atoms with Crippen LogP contribution in [0, 0.1) is 10.1 Å². The maximum atomic E-state index is 11.3. The predicted octanol–water partition coefficient (Wildman–Crippen LogP) is 3.17. The van der Waals surface area contributed by atoms with Gasteiger partial charge in [-0.2, -0.15) is 0 Å². The van der Waals surface area contributed by atoms with Gasteiger partial charge >= 0.3 is 5.69 Å². The quantitative estimate of drug-likeness (QED) is 0.532. The molecule has 136 valence electrons. The molecule has 0 aliphatic rings. The summed E-state index contributed by atoms with van der Waals surface area (Å²) in [6, 6.07) is 6.29. The van der Waals surface area contributed by atoms with Crippen LogP contribution >= 0.6 is 0 Å². The van der Waals surface area contributed by atoms with E-state index in [2.05, 4.69) is 9.97 Å². The molecule has 0 aliphatic heterocycles. The molecule has 9 nitrogen and oxygen atoms in total. The van der Waals surface area contributed by atoms with E-state index in [1.165, 1.54) is 40.6 Å². The number of methoxy groups -OCH3 is 4. The van der Waals surface area contributed by atoms with Crippen molar-refractivity contribution in [3.05, 3.63) is 34.4 Å². The fourth-order valence-corrected chi connectivity index (χ4v) is 2.67. The summed E-state index contributed by atoms with van der Waals surface area (Å²) in [4.78, 5) is 18.4. The molecule has 0 radical (unpaired) electrons. The molecule has 3 rings (SSSR count). The summed E-state index contributed by atoms with van der Waals surface area (Å²) in [5.74, 6) is 1.99. The van der Waals surface area contributed by atoms with E-state index in [0.717, 1.165) is 0 Å². The molecule has 0 saturated carbocycles. The molecule has 0 fully saturated rings. The van der Waals surface area contributed by atoms with Gasteiger partial charge in [0.1, 0.15) is 11.6 Å². The first-order valence-corrected chi connectivity index (χ1v) is 7.54. The summed E-state index contributed by atoms with van der Waals surface area (Å²) < 4.78 is 21.0. The third-order valence-electron chi connectivity index (χ3n) is 3.94. The molecule has 0 spiro atoms. The van der Waals surface area contributed by atoms with Crippen LogP contribution in [0.1, 0.15) is 0 Å². The molecule has 0 amide bonds. The van der Waals surface area contributed by atoms with Crippen LogP contribution < -0.4 is 18.9 Å². The maximum absolute atomic E-state index is 11.3. The molecule has 0 unspecified atom stereocenters. The molecule has 3 aromatic rings. The summed E-state index contributed by atoms with van der Waals surface area (Å²) in [6.45, 7) is 0. The van der Waals surface area contributed by atoms with E-state index in [9.17, 15) is 10.1 Å². The standard InChI is InChI=1S/C17H17N3O6/c1-23-13-8-14(24-2)12(20(21)22)5-9(13)17-18-10-6-15(25-3)16(26-4)7-11(10)19-17/h5-8H,1-4H3,(H,18,19). The highest BCUT2D eigenvalue weighted by atomic mass is 16.6. The van der Waals surface area contributed by atoms with E-state index in [0.29, 0.717) is 39.7 Å². The lowest BCUT2D eigenvalue weighted by Crippen LogP contribution is -1.97. The first kappa shape index (κ1) is 17.3. The Kier molecular flexibility index (Phi) is 4.53.